The molecule has 0 aliphatic carbocycles. The van der Waals surface area contributed by atoms with Gasteiger partial charge >= 0.3 is 12.0 Å². The van der Waals surface area contributed by atoms with E-state index in [4.69, 9.17) is 9.47 Å². The zero-order valence-corrected chi connectivity index (χ0v) is 18.7. The Labute approximate surface area is 182 Å². The highest BCUT2D eigenvalue weighted by Gasteiger charge is 2.33. The Morgan fingerprint density at radius 3 is 2.29 bits per heavy atom. The van der Waals surface area contributed by atoms with E-state index in [0.717, 1.165) is 16.7 Å². The molecule has 0 unspecified atom stereocenters. The summed E-state index contributed by atoms with van der Waals surface area (Å²) in [5.41, 5.74) is 2.33. The average molecular weight is 429 g/mol. The van der Waals surface area contributed by atoms with Gasteiger partial charge in [-0.15, -0.1) is 0 Å². The van der Waals surface area contributed by atoms with Crippen LogP contribution >= 0.6 is 0 Å². The largest absolute Gasteiger partial charge is 0.476 e. The van der Waals surface area contributed by atoms with Crippen LogP contribution in [-0.2, 0) is 16.1 Å². The van der Waals surface area contributed by atoms with Crippen molar-refractivity contribution in [2.75, 3.05) is 24.6 Å². The van der Waals surface area contributed by atoms with Crippen molar-refractivity contribution in [3.63, 3.8) is 0 Å². The van der Waals surface area contributed by atoms with Crippen molar-refractivity contribution in [3.05, 3.63) is 58.9 Å². The molecule has 1 aliphatic rings. The molecule has 1 heterocycles. The van der Waals surface area contributed by atoms with Gasteiger partial charge in [-0.2, -0.15) is 0 Å². The van der Waals surface area contributed by atoms with Crippen LogP contribution in [0.15, 0.2) is 36.4 Å². The standard InChI is InChI=1S/C24H29FN2O4/c1-6-30-22(28)24(4,5)31-21-16(2)13-18(14-17(21)3)15-26-11-12-27(23(26)29)20-9-7-19(25)8-10-20/h7-10,13-14H,6,11-12,15H2,1-5H3. The predicted molar refractivity (Wildman–Crippen MR) is 117 cm³/mol. The summed E-state index contributed by atoms with van der Waals surface area (Å²) in [5, 5.41) is 0. The van der Waals surface area contributed by atoms with Crippen molar-refractivity contribution in [1.82, 2.24) is 4.90 Å². The molecule has 2 amide bonds. The summed E-state index contributed by atoms with van der Waals surface area (Å²) >= 11 is 0. The number of hydrogen-bond acceptors (Lipinski definition) is 4. The Kier molecular flexibility index (Phi) is 6.53. The predicted octanol–water partition coefficient (Wildman–Crippen LogP) is 4.61. The van der Waals surface area contributed by atoms with Gasteiger partial charge in [0.15, 0.2) is 5.60 Å². The third-order valence-electron chi connectivity index (χ3n) is 5.25. The Morgan fingerprint density at radius 1 is 1.10 bits per heavy atom. The molecular weight excluding hydrogens is 399 g/mol. The molecule has 0 aromatic heterocycles. The second-order valence-electron chi connectivity index (χ2n) is 8.22. The Morgan fingerprint density at radius 2 is 1.71 bits per heavy atom. The van der Waals surface area contributed by atoms with Gasteiger partial charge in [-0.05, 0) is 75.6 Å². The van der Waals surface area contributed by atoms with E-state index in [-0.39, 0.29) is 11.8 Å². The van der Waals surface area contributed by atoms with Crippen LogP contribution in [0.5, 0.6) is 5.75 Å². The van der Waals surface area contributed by atoms with E-state index >= 15 is 0 Å². The molecule has 0 atom stereocenters. The first kappa shape index (κ1) is 22.6. The lowest BCUT2D eigenvalue weighted by Crippen LogP contribution is -2.40. The summed E-state index contributed by atoms with van der Waals surface area (Å²) in [6.07, 6.45) is 0. The lowest BCUT2D eigenvalue weighted by molar-refractivity contribution is -0.158. The zero-order valence-electron chi connectivity index (χ0n) is 18.7. The lowest BCUT2D eigenvalue weighted by Gasteiger charge is -2.27. The quantitative estimate of drug-likeness (QED) is 0.605. The van der Waals surface area contributed by atoms with Crippen LogP contribution < -0.4 is 9.64 Å². The summed E-state index contributed by atoms with van der Waals surface area (Å²) in [5.74, 6) is -0.101. The van der Waals surface area contributed by atoms with E-state index < -0.39 is 11.6 Å². The number of benzene rings is 2. The topological polar surface area (TPSA) is 59.1 Å². The molecule has 166 valence electrons. The number of rotatable bonds is 7. The molecular formula is C24H29FN2O4. The first-order chi connectivity index (χ1) is 14.6. The molecule has 6 nitrogen and oxygen atoms in total. The van der Waals surface area contributed by atoms with Gasteiger partial charge < -0.3 is 14.4 Å². The number of hydrogen-bond donors (Lipinski definition) is 0. The Hall–Kier alpha value is -3.09. The maximum absolute atomic E-state index is 13.2. The van der Waals surface area contributed by atoms with E-state index in [2.05, 4.69) is 0 Å². The van der Waals surface area contributed by atoms with Gasteiger partial charge in [0.2, 0.25) is 0 Å². The van der Waals surface area contributed by atoms with E-state index in [0.29, 0.717) is 37.7 Å². The van der Waals surface area contributed by atoms with Crippen molar-refractivity contribution >= 4 is 17.7 Å². The Bertz CT molecular complexity index is 949. The summed E-state index contributed by atoms with van der Waals surface area (Å²) in [4.78, 5) is 28.4. The molecule has 31 heavy (non-hydrogen) atoms. The number of carbonyl (C=O) groups excluding carboxylic acids is 2. The number of anilines is 1. The number of ether oxygens (including phenoxy) is 2. The number of nitrogens with zero attached hydrogens (tertiary/aromatic N) is 2. The third kappa shape index (κ3) is 4.98. The van der Waals surface area contributed by atoms with Crippen LogP contribution in [-0.4, -0.2) is 42.2 Å². The minimum Gasteiger partial charge on any atom is -0.476 e. The van der Waals surface area contributed by atoms with Gasteiger partial charge in [0.1, 0.15) is 11.6 Å². The molecule has 2 aromatic carbocycles. The highest BCUT2D eigenvalue weighted by Crippen LogP contribution is 2.30. The number of halogens is 1. The smallest absolute Gasteiger partial charge is 0.349 e. The first-order valence-corrected chi connectivity index (χ1v) is 10.4. The van der Waals surface area contributed by atoms with Gasteiger partial charge in [0, 0.05) is 25.3 Å². The average Bonchev–Trinajstić information content (AvgIpc) is 3.06. The maximum atomic E-state index is 13.2. The van der Waals surface area contributed by atoms with E-state index in [1.165, 1.54) is 12.1 Å². The zero-order chi connectivity index (χ0) is 22.8. The fourth-order valence-corrected chi connectivity index (χ4v) is 3.70. The Balaban J connectivity index is 1.73. The highest BCUT2D eigenvalue weighted by atomic mass is 19.1. The molecule has 1 fully saturated rings. The number of amides is 2. The molecule has 7 heteroatoms. The van der Waals surface area contributed by atoms with E-state index in [9.17, 15) is 14.0 Å². The molecule has 0 saturated carbocycles. The minimum atomic E-state index is -1.10. The fourth-order valence-electron chi connectivity index (χ4n) is 3.70. The van der Waals surface area contributed by atoms with Crippen molar-refractivity contribution in [3.8, 4) is 5.75 Å². The molecule has 0 bridgehead atoms. The summed E-state index contributed by atoms with van der Waals surface area (Å²) in [6.45, 7) is 10.9. The SMILES string of the molecule is CCOC(=O)C(C)(C)Oc1c(C)cc(CN2CCN(c3ccc(F)cc3)C2=O)cc1C. The van der Waals surface area contributed by atoms with Gasteiger partial charge in [-0.3, -0.25) is 4.90 Å². The first-order valence-electron chi connectivity index (χ1n) is 10.4. The van der Waals surface area contributed by atoms with E-state index in [1.807, 2.05) is 26.0 Å². The van der Waals surface area contributed by atoms with Crippen LogP contribution in [0.25, 0.3) is 0 Å². The lowest BCUT2D eigenvalue weighted by atomic mass is 10.0. The normalized spacial score (nSPS) is 14.2. The molecule has 1 aliphatic heterocycles. The monoisotopic (exact) mass is 428 g/mol. The number of urea groups is 1. The summed E-state index contributed by atoms with van der Waals surface area (Å²) < 4.78 is 24.3. The molecule has 3 rings (SSSR count). The molecule has 0 radical (unpaired) electrons. The van der Waals surface area contributed by atoms with Crippen LogP contribution in [0, 0.1) is 19.7 Å². The molecule has 2 aromatic rings. The van der Waals surface area contributed by atoms with Crippen LogP contribution in [0.1, 0.15) is 37.5 Å². The van der Waals surface area contributed by atoms with Crippen molar-refractivity contribution in [2.24, 2.45) is 0 Å². The number of carbonyl (C=O) groups is 2. The van der Waals surface area contributed by atoms with Gasteiger partial charge in [0.25, 0.3) is 0 Å². The van der Waals surface area contributed by atoms with Crippen LogP contribution in [0.4, 0.5) is 14.9 Å². The van der Waals surface area contributed by atoms with Crippen LogP contribution in [0.3, 0.4) is 0 Å². The fraction of sp³-hybridized carbons (Fsp3) is 0.417. The van der Waals surface area contributed by atoms with Gasteiger partial charge in [-0.25, -0.2) is 14.0 Å². The second-order valence-corrected chi connectivity index (χ2v) is 8.22. The van der Waals surface area contributed by atoms with E-state index in [1.54, 1.807) is 42.7 Å². The van der Waals surface area contributed by atoms with Crippen molar-refractivity contribution in [2.45, 2.75) is 46.8 Å². The molecule has 1 saturated heterocycles. The number of aryl methyl sites for hydroxylation is 2. The summed E-state index contributed by atoms with van der Waals surface area (Å²) in [7, 11) is 0. The maximum Gasteiger partial charge on any atom is 0.349 e. The van der Waals surface area contributed by atoms with Gasteiger partial charge in [-0.1, -0.05) is 12.1 Å². The summed E-state index contributed by atoms with van der Waals surface area (Å²) in [6, 6.07) is 9.77. The molecule has 0 N–H and O–H groups in total. The second kappa shape index (κ2) is 8.96. The van der Waals surface area contributed by atoms with Crippen molar-refractivity contribution in [1.29, 1.82) is 0 Å². The molecule has 0 spiro atoms. The minimum absolute atomic E-state index is 0.106. The van der Waals surface area contributed by atoms with Crippen molar-refractivity contribution < 1.29 is 23.5 Å². The highest BCUT2D eigenvalue weighted by molar-refractivity contribution is 5.94. The van der Waals surface area contributed by atoms with Crippen LogP contribution in [0.2, 0.25) is 0 Å². The van der Waals surface area contributed by atoms with Gasteiger partial charge in [0.05, 0.1) is 6.61 Å². The number of esters is 1. The third-order valence-corrected chi connectivity index (χ3v) is 5.25.